The molecule has 0 bridgehead atoms. The van der Waals surface area contributed by atoms with Crippen molar-refractivity contribution in [1.29, 1.82) is 0 Å². The van der Waals surface area contributed by atoms with Crippen molar-refractivity contribution >= 4 is 6.29 Å². The summed E-state index contributed by atoms with van der Waals surface area (Å²) in [5.74, 6) is 0. The van der Waals surface area contributed by atoms with Crippen LogP contribution in [0.3, 0.4) is 0 Å². The highest BCUT2D eigenvalue weighted by Gasteiger charge is 2.14. The van der Waals surface area contributed by atoms with Crippen molar-refractivity contribution in [3.8, 4) is 0 Å². The molecule has 0 rings (SSSR count). The van der Waals surface area contributed by atoms with Crippen LogP contribution < -0.4 is 0 Å². The summed E-state index contributed by atoms with van der Waals surface area (Å²) in [6, 6.07) is 0. The van der Waals surface area contributed by atoms with Gasteiger partial charge in [-0.3, -0.25) is 4.79 Å². The van der Waals surface area contributed by atoms with Crippen LogP contribution in [0.4, 0.5) is 0 Å². The van der Waals surface area contributed by atoms with E-state index in [0.717, 1.165) is 12.8 Å². The van der Waals surface area contributed by atoms with Crippen LogP contribution in [0.5, 0.6) is 0 Å². The average molecular weight is 113 g/mol. The summed E-state index contributed by atoms with van der Waals surface area (Å²) in [5.41, 5.74) is -0.214. The lowest BCUT2D eigenvalue weighted by molar-refractivity contribution is 0.420. The first-order valence-electron chi connectivity index (χ1n) is 3.01. The van der Waals surface area contributed by atoms with Crippen LogP contribution >= 0.6 is 0 Å². The van der Waals surface area contributed by atoms with Gasteiger partial charge in [-0.05, 0) is 6.42 Å². The summed E-state index contributed by atoms with van der Waals surface area (Å²) < 4.78 is 0. The molecule has 0 atom stereocenters. The maximum Gasteiger partial charge on any atom is 0.204 e. The quantitative estimate of drug-likeness (QED) is 0.546. The number of hydrogen-bond donors (Lipinski definition) is 0. The maximum atomic E-state index is 10.1. The maximum absolute atomic E-state index is 10.1. The van der Waals surface area contributed by atoms with Crippen LogP contribution in [0.15, 0.2) is 0 Å². The van der Waals surface area contributed by atoms with E-state index in [1.54, 1.807) is 0 Å². The van der Waals surface area contributed by atoms with E-state index >= 15 is 0 Å². The molecule has 0 amide bonds. The van der Waals surface area contributed by atoms with Crippen molar-refractivity contribution in [2.45, 2.75) is 33.6 Å². The van der Waals surface area contributed by atoms with Gasteiger partial charge in [0.1, 0.15) is 0 Å². The van der Waals surface area contributed by atoms with Crippen molar-refractivity contribution in [2.24, 2.45) is 5.41 Å². The minimum absolute atomic E-state index is 0.214. The topological polar surface area (TPSA) is 17.1 Å². The van der Waals surface area contributed by atoms with E-state index in [9.17, 15) is 4.79 Å². The highest BCUT2D eigenvalue weighted by molar-refractivity contribution is 5.58. The first kappa shape index (κ1) is 7.67. The largest absolute Gasteiger partial charge is 0.290 e. The third kappa shape index (κ3) is 2.78. The van der Waals surface area contributed by atoms with Crippen molar-refractivity contribution < 1.29 is 4.79 Å². The predicted octanol–water partition coefficient (Wildman–Crippen LogP) is 1.92. The summed E-state index contributed by atoms with van der Waals surface area (Å²) in [5, 5.41) is 0. The summed E-state index contributed by atoms with van der Waals surface area (Å²) in [6.07, 6.45) is 3.99. The van der Waals surface area contributed by atoms with E-state index in [4.69, 9.17) is 0 Å². The summed E-state index contributed by atoms with van der Waals surface area (Å²) >= 11 is 0. The Morgan fingerprint density at radius 2 is 2.00 bits per heavy atom. The third-order valence-electron chi connectivity index (χ3n) is 1.15. The minimum atomic E-state index is -0.214. The molecule has 1 radical (unpaired) electrons. The third-order valence-corrected chi connectivity index (χ3v) is 1.15. The van der Waals surface area contributed by atoms with Gasteiger partial charge in [-0.25, -0.2) is 0 Å². The summed E-state index contributed by atoms with van der Waals surface area (Å²) in [7, 11) is 0. The van der Waals surface area contributed by atoms with Gasteiger partial charge < -0.3 is 0 Å². The monoisotopic (exact) mass is 113 g/mol. The number of carbonyl (C=O) groups excluding carboxylic acids is 1. The molecule has 0 aliphatic carbocycles. The fourth-order valence-corrected chi connectivity index (χ4v) is 0.676. The van der Waals surface area contributed by atoms with Crippen LogP contribution in [0, 0.1) is 5.41 Å². The number of hydrogen-bond acceptors (Lipinski definition) is 1. The van der Waals surface area contributed by atoms with Gasteiger partial charge in [-0.1, -0.05) is 27.2 Å². The Kier molecular flexibility index (Phi) is 2.74. The average Bonchev–Trinajstić information content (AvgIpc) is 1.67. The molecule has 0 aromatic heterocycles. The second kappa shape index (κ2) is 2.85. The van der Waals surface area contributed by atoms with Gasteiger partial charge >= 0.3 is 0 Å². The summed E-state index contributed by atoms with van der Waals surface area (Å²) in [6.45, 7) is 5.88. The van der Waals surface area contributed by atoms with Gasteiger partial charge in [-0.2, -0.15) is 0 Å². The second-order valence-electron chi connectivity index (χ2n) is 2.74. The molecule has 0 aliphatic heterocycles. The molecule has 0 heterocycles. The van der Waals surface area contributed by atoms with Crippen LogP contribution in [-0.2, 0) is 4.79 Å². The van der Waals surface area contributed by atoms with Gasteiger partial charge in [-0.15, -0.1) is 0 Å². The molecular formula is C7H13O. The van der Waals surface area contributed by atoms with Gasteiger partial charge in [0, 0.05) is 5.41 Å². The zero-order valence-electron chi connectivity index (χ0n) is 5.82. The van der Waals surface area contributed by atoms with Gasteiger partial charge in [0.25, 0.3) is 0 Å². The fraction of sp³-hybridized carbons (Fsp3) is 0.857. The van der Waals surface area contributed by atoms with Crippen molar-refractivity contribution in [2.75, 3.05) is 0 Å². The molecule has 0 aliphatic rings. The minimum Gasteiger partial charge on any atom is -0.290 e. The van der Waals surface area contributed by atoms with Crippen LogP contribution in [0.1, 0.15) is 33.6 Å². The van der Waals surface area contributed by atoms with E-state index in [2.05, 4.69) is 6.92 Å². The SMILES string of the molecule is CCCC(C)(C)[C]=O. The summed E-state index contributed by atoms with van der Waals surface area (Å²) in [4.78, 5) is 10.1. The zero-order chi connectivity index (χ0) is 6.62. The van der Waals surface area contributed by atoms with E-state index in [0.29, 0.717) is 0 Å². The van der Waals surface area contributed by atoms with Crippen LogP contribution in [0.25, 0.3) is 0 Å². The highest BCUT2D eigenvalue weighted by atomic mass is 16.1. The molecule has 0 unspecified atom stereocenters. The molecule has 0 aromatic rings. The first-order valence-corrected chi connectivity index (χ1v) is 3.01. The lowest BCUT2D eigenvalue weighted by atomic mass is 9.90. The Morgan fingerprint density at radius 3 is 2.12 bits per heavy atom. The Balaban J connectivity index is 3.53. The molecule has 1 heteroatoms. The predicted molar refractivity (Wildman–Crippen MR) is 34.4 cm³/mol. The Bertz CT molecular complexity index is 74.5. The zero-order valence-corrected chi connectivity index (χ0v) is 5.82. The van der Waals surface area contributed by atoms with E-state index in [1.165, 1.54) is 0 Å². The molecular weight excluding hydrogens is 100 g/mol. The molecule has 0 N–H and O–H groups in total. The van der Waals surface area contributed by atoms with Crippen LogP contribution in [0.2, 0.25) is 0 Å². The molecule has 0 aromatic carbocycles. The molecule has 0 fully saturated rings. The lowest BCUT2D eigenvalue weighted by Gasteiger charge is -2.12. The second-order valence-corrected chi connectivity index (χ2v) is 2.74. The highest BCUT2D eigenvalue weighted by Crippen LogP contribution is 2.17. The normalized spacial score (nSPS) is 11.4. The van der Waals surface area contributed by atoms with Gasteiger partial charge in [0.15, 0.2) is 0 Å². The van der Waals surface area contributed by atoms with Crippen LogP contribution in [-0.4, -0.2) is 6.29 Å². The van der Waals surface area contributed by atoms with Gasteiger partial charge in [0.05, 0.1) is 0 Å². The fourth-order valence-electron chi connectivity index (χ4n) is 0.676. The molecule has 47 valence electrons. The number of rotatable bonds is 3. The van der Waals surface area contributed by atoms with E-state index in [-0.39, 0.29) is 5.41 Å². The van der Waals surface area contributed by atoms with E-state index in [1.807, 2.05) is 20.1 Å². The Morgan fingerprint density at radius 1 is 1.50 bits per heavy atom. The van der Waals surface area contributed by atoms with E-state index < -0.39 is 0 Å². The Hall–Kier alpha value is -0.330. The van der Waals surface area contributed by atoms with Crippen molar-refractivity contribution in [3.05, 3.63) is 0 Å². The molecule has 0 spiro atoms. The van der Waals surface area contributed by atoms with Crippen molar-refractivity contribution in [1.82, 2.24) is 0 Å². The first-order chi connectivity index (χ1) is 3.62. The van der Waals surface area contributed by atoms with Crippen molar-refractivity contribution in [3.63, 3.8) is 0 Å². The molecule has 1 nitrogen and oxygen atoms in total. The standard InChI is InChI=1S/C7H13O/c1-4-5-7(2,3)6-8/h4-5H2,1-3H3. The smallest absolute Gasteiger partial charge is 0.204 e. The molecule has 0 saturated carbocycles. The molecule has 0 saturated heterocycles. The van der Waals surface area contributed by atoms with Gasteiger partial charge in [0.2, 0.25) is 6.29 Å². The molecule has 8 heavy (non-hydrogen) atoms. The lowest BCUT2D eigenvalue weighted by Crippen LogP contribution is -2.11. The Labute approximate surface area is 51.1 Å².